The molecule has 1 aliphatic carbocycles. The Morgan fingerprint density at radius 1 is 1.30 bits per heavy atom. The minimum atomic E-state index is 0. The Labute approximate surface area is 129 Å². The second kappa shape index (κ2) is 8.85. The van der Waals surface area contributed by atoms with Crippen molar-refractivity contribution in [2.45, 2.75) is 57.6 Å². The van der Waals surface area contributed by atoms with Gasteiger partial charge in [0.15, 0.2) is 0 Å². The predicted octanol–water partition coefficient (Wildman–Crippen LogP) is 2.21. The molecule has 0 aromatic heterocycles. The van der Waals surface area contributed by atoms with Crippen molar-refractivity contribution in [1.29, 1.82) is 0 Å². The number of amides is 1. The molecule has 0 aromatic carbocycles. The van der Waals surface area contributed by atoms with Crippen molar-refractivity contribution in [3.8, 4) is 0 Å². The van der Waals surface area contributed by atoms with E-state index < -0.39 is 0 Å². The molecule has 1 amide bonds. The Balaban J connectivity index is 0.00000200. The summed E-state index contributed by atoms with van der Waals surface area (Å²) in [6.45, 7) is 4.71. The first-order valence-electron chi connectivity index (χ1n) is 7.78. The van der Waals surface area contributed by atoms with Crippen molar-refractivity contribution in [3.63, 3.8) is 0 Å². The van der Waals surface area contributed by atoms with Gasteiger partial charge in [-0.15, -0.1) is 12.4 Å². The van der Waals surface area contributed by atoms with E-state index in [0.717, 1.165) is 25.6 Å². The zero-order valence-corrected chi connectivity index (χ0v) is 13.6. The number of halogens is 1. The molecule has 4 nitrogen and oxygen atoms in total. The molecule has 0 radical (unpaired) electrons. The number of hydrogen-bond donors (Lipinski definition) is 1. The Bertz CT molecular complexity index is 288. The molecule has 0 aromatic rings. The van der Waals surface area contributed by atoms with Crippen molar-refractivity contribution in [1.82, 2.24) is 10.2 Å². The fourth-order valence-electron chi connectivity index (χ4n) is 3.23. The topological polar surface area (TPSA) is 41.6 Å². The van der Waals surface area contributed by atoms with Gasteiger partial charge in [0, 0.05) is 26.2 Å². The molecule has 2 aliphatic rings. The van der Waals surface area contributed by atoms with E-state index in [4.69, 9.17) is 4.74 Å². The summed E-state index contributed by atoms with van der Waals surface area (Å²) in [6.07, 6.45) is 6.77. The van der Waals surface area contributed by atoms with Crippen LogP contribution in [0.5, 0.6) is 0 Å². The molecule has 1 saturated heterocycles. The summed E-state index contributed by atoms with van der Waals surface area (Å²) in [5.74, 6) is 1.12. The summed E-state index contributed by atoms with van der Waals surface area (Å²) in [6, 6.07) is 0.451. The zero-order valence-electron chi connectivity index (χ0n) is 12.8. The molecule has 1 atom stereocenters. The van der Waals surface area contributed by atoms with Crippen LogP contribution in [-0.2, 0) is 9.53 Å². The highest BCUT2D eigenvalue weighted by atomic mass is 35.5. The van der Waals surface area contributed by atoms with Gasteiger partial charge in [0.25, 0.3) is 0 Å². The summed E-state index contributed by atoms with van der Waals surface area (Å²) in [7, 11) is 1.97. The van der Waals surface area contributed by atoms with Gasteiger partial charge in [0.2, 0.25) is 5.91 Å². The Morgan fingerprint density at radius 2 is 2.00 bits per heavy atom. The maximum absolute atomic E-state index is 12.3. The number of morpholine rings is 1. The number of nitrogens with zero attached hydrogens (tertiary/aromatic N) is 1. The van der Waals surface area contributed by atoms with Gasteiger partial charge in [-0.3, -0.25) is 4.79 Å². The van der Waals surface area contributed by atoms with Gasteiger partial charge in [-0.25, -0.2) is 0 Å². The predicted molar refractivity (Wildman–Crippen MR) is 83.3 cm³/mol. The van der Waals surface area contributed by atoms with Gasteiger partial charge in [0.05, 0.1) is 19.1 Å². The molecule has 1 N–H and O–H groups in total. The van der Waals surface area contributed by atoms with Gasteiger partial charge in [-0.1, -0.05) is 13.3 Å². The van der Waals surface area contributed by atoms with Crippen molar-refractivity contribution < 1.29 is 9.53 Å². The first-order valence-corrected chi connectivity index (χ1v) is 7.78. The monoisotopic (exact) mass is 304 g/mol. The number of ether oxygens (including phenoxy) is 1. The minimum absolute atomic E-state index is 0. The second-order valence-corrected chi connectivity index (χ2v) is 5.99. The van der Waals surface area contributed by atoms with Gasteiger partial charge >= 0.3 is 0 Å². The summed E-state index contributed by atoms with van der Waals surface area (Å²) in [4.78, 5) is 14.3. The average Bonchev–Trinajstić information content (AvgIpc) is 2.47. The Hall–Kier alpha value is -0.320. The molecular weight excluding hydrogens is 276 g/mol. The zero-order chi connectivity index (χ0) is 13.7. The summed E-state index contributed by atoms with van der Waals surface area (Å²) in [5.41, 5.74) is 0. The third kappa shape index (κ3) is 4.90. The molecule has 118 valence electrons. The van der Waals surface area contributed by atoms with E-state index >= 15 is 0 Å². The molecule has 1 aliphatic heterocycles. The number of hydrogen-bond acceptors (Lipinski definition) is 3. The van der Waals surface area contributed by atoms with Crippen LogP contribution >= 0.6 is 12.4 Å². The maximum Gasteiger partial charge on any atom is 0.225 e. The molecule has 0 bridgehead atoms. The van der Waals surface area contributed by atoms with Crippen molar-refractivity contribution >= 4 is 18.3 Å². The van der Waals surface area contributed by atoms with Crippen molar-refractivity contribution in [2.75, 3.05) is 26.7 Å². The van der Waals surface area contributed by atoms with Gasteiger partial charge < -0.3 is 15.0 Å². The molecule has 2 rings (SSSR count). The molecule has 1 heterocycles. The lowest BCUT2D eigenvalue weighted by atomic mass is 9.84. The number of carbonyl (C=O) groups is 1. The van der Waals surface area contributed by atoms with Gasteiger partial charge in [0.1, 0.15) is 0 Å². The van der Waals surface area contributed by atoms with Crippen LogP contribution in [0.1, 0.15) is 45.4 Å². The molecule has 20 heavy (non-hydrogen) atoms. The first kappa shape index (κ1) is 17.7. The summed E-state index contributed by atoms with van der Waals surface area (Å²) >= 11 is 0. The lowest BCUT2D eigenvalue weighted by Crippen LogP contribution is -2.44. The smallest absolute Gasteiger partial charge is 0.225 e. The van der Waals surface area contributed by atoms with Crippen LogP contribution in [0.15, 0.2) is 0 Å². The highest BCUT2D eigenvalue weighted by Gasteiger charge is 2.27. The van der Waals surface area contributed by atoms with E-state index in [9.17, 15) is 4.79 Å². The van der Waals surface area contributed by atoms with Crippen LogP contribution in [0.4, 0.5) is 0 Å². The third-order valence-electron chi connectivity index (χ3n) is 4.74. The molecule has 5 heteroatoms. The van der Waals surface area contributed by atoms with E-state index in [1.54, 1.807) is 0 Å². The highest BCUT2D eigenvalue weighted by molar-refractivity contribution is 5.85. The standard InChI is InChI=1S/C15H28N2O2.ClH/c1-3-12-4-6-13(7-5-12)17(2)15(18)10-14-11-16-8-9-19-14;/h12-14,16H,3-11H2,1-2H3;1H. The van der Waals surface area contributed by atoms with Crippen LogP contribution in [0.3, 0.4) is 0 Å². The SMILES string of the molecule is CCC1CCC(N(C)C(=O)CC2CNCCO2)CC1.Cl. The van der Waals surface area contributed by atoms with Crippen LogP contribution in [0.25, 0.3) is 0 Å². The minimum Gasteiger partial charge on any atom is -0.375 e. The fourth-order valence-corrected chi connectivity index (χ4v) is 3.23. The highest BCUT2D eigenvalue weighted by Crippen LogP contribution is 2.29. The largest absolute Gasteiger partial charge is 0.375 e. The number of carbonyl (C=O) groups excluding carboxylic acids is 1. The molecule has 1 unspecified atom stereocenters. The van der Waals surface area contributed by atoms with Crippen LogP contribution in [0, 0.1) is 5.92 Å². The van der Waals surface area contributed by atoms with Crippen LogP contribution < -0.4 is 5.32 Å². The van der Waals surface area contributed by atoms with Crippen molar-refractivity contribution in [2.24, 2.45) is 5.92 Å². The van der Waals surface area contributed by atoms with Crippen molar-refractivity contribution in [3.05, 3.63) is 0 Å². The fraction of sp³-hybridized carbons (Fsp3) is 0.933. The van der Waals surface area contributed by atoms with E-state index in [1.165, 1.54) is 32.1 Å². The summed E-state index contributed by atoms with van der Waals surface area (Å²) < 4.78 is 5.61. The lowest BCUT2D eigenvalue weighted by molar-refractivity contribution is -0.136. The van der Waals surface area contributed by atoms with Gasteiger partial charge in [-0.05, 0) is 31.6 Å². The molecule has 0 spiro atoms. The third-order valence-corrected chi connectivity index (χ3v) is 4.74. The van der Waals surface area contributed by atoms with Gasteiger partial charge in [-0.2, -0.15) is 0 Å². The lowest BCUT2D eigenvalue weighted by Gasteiger charge is -2.35. The quantitative estimate of drug-likeness (QED) is 0.866. The number of rotatable bonds is 4. The number of nitrogens with one attached hydrogen (secondary N) is 1. The molecular formula is C15H29ClN2O2. The maximum atomic E-state index is 12.3. The summed E-state index contributed by atoms with van der Waals surface area (Å²) in [5, 5.41) is 3.28. The van der Waals surface area contributed by atoms with E-state index in [1.807, 2.05) is 11.9 Å². The Morgan fingerprint density at radius 3 is 2.55 bits per heavy atom. The van der Waals surface area contributed by atoms with Crippen LogP contribution in [-0.4, -0.2) is 49.7 Å². The first-order chi connectivity index (χ1) is 9.20. The second-order valence-electron chi connectivity index (χ2n) is 5.99. The van der Waals surface area contributed by atoms with E-state index in [-0.39, 0.29) is 24.4 Å². The van der Waals surface area contributed by atoms with E-state index in [0.29, 0.717) is 12.5 Å². The molecule has 2 fully saturated rings. The normalized spacial score (nSPS) is 30.4. The van der Waals surface area contributed by atoms with E-state index in [2.05, 4.69) is 12.2 Å². The Kier molecular flexibility index (Phi) is 7.85. The average molecular weight is 305 g/mol. The van der Waals surface area contributed by atoms with Crippen LogP contribution in [0.2, 0.25) is 0 Å². The molecule has 1 saturated carbocycles.